The molecule has 2 fully saturated rings. The van der Waals surface area contributed by atoms with Gasteiger partial charge in [0.15, 0.2) is 5.96 Å². The molecule has 1 saturated heterocycles. The van der Waals surface area contributed by atoms with E-state index in [1.165, 1.54) is 32.1 Å². The van der Waals surface area contributed by atoms with Crippen LogP contribution in [0.25, 0.3) is 0 Å². The van der Waals surface area contributed by atoms with Crippen molar-refractivity contribution in [2.24, 2.45) is 10.9 Å². The Bertz CT molecular complexity index is 713. The molecule has 0 radical (unpaired) electrons. The smallest absolute Gasteiger partial charge is 0.220 e. The zero-order valence-corrected chi connectivity index (χ0v) is 21.5. The first-order valence-corrected chi connectivity index (χ1v) is 11.7. The van der Waals surface area contributed by atoms with Gasteiger partial charge in [-0.25, -0.2) is 4.98 Å². The van der Waals surface area contributed by atoms with E-state index >= 15 is 0 Å². The zero-order chi connectivity index (χ0) is 21.2. The second-order valence-corrected chi connectivity index (χ2v) is 8.61. The predicted octanol–water partition coefficient (Wildman–Crippen LogP) is 3.57. The summed E-state index contributed by atoms with van der Waals surface area (Å²) in [6.45, 7) is 5.72. The molecule has 2 aliphatic rings. The van der Waals surface area contributed by atoms with E-state index in [0.717, 1.165) is 37.8 Å². The van der Waals surface area contributed by atoms with Crippen molar-refractivity contribution in [3.63, 3.8) is 0 Å². The van der Waals surface area contributed by atoms with Crippen molar-refractivity contribution < 1.29 is 4.79 Å². The molecule has 3 rings (SSSR count). The Morgan fingerprint density at radius 3 is 2.81 bits per heavy atom. The van der Waals surface area contributed by atoms with E-state index in [0.29, 0.717) is 30.5 Å². The second kappa shape index (κ2) is 14.0. The monoisotopic (exact) mass is 562 g/mol. The molecule has 0 bridgehead atoms. The lowest BCUT2D eigenvalue weighted by Crippen LogP contribution is -2.45. The van der Waals surface area contributed by atoms with Gasteiger partial charge in [-0.1, -0.05) is 30.9 Å². The highest BCUT2D eigenvalue weighted by molar-refractivity contribution is 14.0. The molecule has 1 unspecified atom stereocenters. The van der Waals surface area contributed by atoms with Crippen LogP contribution >= 0.6 is 35.6 Å². The van der Waals surface area contributed by atoms with Gasteiger partial charge in [0, 0.05) is 44.8 Å². The second-order valence-electron chi connectivity index (χ2n) is 8.20. The van der Waals surface area contributed by atoms with Crippen molar-refractivity contribution in [1.29, 1.82) is 0 Å². The van der Waals surface area contributed by atoms with Crippen LogP contribution in [-0.4, -0.2) is 55.6 Å². The molecule has 31 heavy (non-hydrogen) atoms. The number of carbonyl (C=O) groups excluding carboxylic acids is 1. The molecule has 2 heterocycles. The number of nitrogens with one attached hydrogen (secondary N) is 3. The van der Waals surface area contributed by atoms with E-state index < -0.39 is 0 Å². The van der Waals surface area contributed by atoms with Gasteiger partial charge in [-0.3, -0.25) is 9.79 Å². The van der Waals surface area contributed by atoms with E-state index in [9.17, 15) is 4.79 Å². The Labute approximate surface area is 208 Å². The molecule has 1 atom stereocenters. The Hall–Kier alpha value is -1.29. The summed E-state index contributed by atoms with van der Waals surface area (Å²) in [7, 11) is 0. The molecular formula is C22H36ClIN6O. The molecule has 1 aromatic rings. The number of amides is 1. The molecule has 1 aromatic heterocycles. The van der Waals surface area contributed by atoms with Gasteiger partial charge in [-0.15, -0.1) is 24.0 Å². The fourth-order valence-electron chi connectivity index (χ4n) is 4.28. The van der Waals surface area contributed by atoms with E-state index in [-0.39, 0.29) is 35.9 Å². The lowest BCUT2D eigenvalue weighted by atomic mass is 9.87. The van der Waals surface area contributed by atoms with Crippen molar-refractivity contribution in [2.75, 3.05) is 37.6 Å². The SMILES string of the molecule is CCNC(=NCCNC(=O)CC1CCCCC1)NC1CCN(c2ncccc2Cl)C1.I. The summed E-state index contributed by atoms with van der Waals surface area (Å²) in [5.74, 6) is 2.36. The minimum Gasteiger partial charge on any atom is -0.357 e. The van der Waals surface area contributed by atoms with Crippen LogP contribution in [0.1, 0.15) is 51.9 Å². The maximum atomic E-state index is 12.1. The van der Waals surface area contributed by atoms with Crippen LogP contribution in [0.5, 0.6) is 0 Å². The van der Waals surface area contributed by atoms with Gasteiger partial charge >= 0.3 is 0 Å². The van der Waals surface area contributed by atoms with Gasteiger partial charge in [0.25, 0.3) is 0 Å². The van der Waals surface area contributed by atoms with E-state index in [1.807, 2.05) is 12.1 Å². The summed E-state index contributed by atoms with van der Waals surface area (Å²) in [5.41, 5.74) is 0. The Kier molecular flexibility index (Phi) is 11.7. The number of pyridine rings is 1. The Balaban J connectivity index is 0.00000341. The molecule has 7 nitrogen and oxygen atoms in total. The van der Waals surface area contributed by atoms with Crippen molar-refractivity contribution >= 4 is 53.3 Å². The standard InChI is InChI=1S/C22H35ClN6O.HI/c1-2-24-22(27-13-12-25-20(30)15-17-7-4-3-5-8-17)28-18-10-14-29(16-18)21-19(23)9-6-11-26-21;/h6,9,11,17-18H,2-5,7-8,10,12-16H2,1H3,(H,25,30)(H2,24,27,28);1H. The molecule has 174 valence electrons. The van der Waals surface area contributed by atoms with Crippen molar-refractivity contribution in [1.82, 2.24) is 20.9 Å². The average molecular weight is 563 g/mol. The van der Waals surface area contributed by atoms with Gasteiger partial charge in [-0.2, -0.15) is 0 Å². The number of aliphatic imine (C=N–C) groups is 1. The van der Waals surface area contributed by atoms with Crippen molar-refractivity contribution in [3.8, 4) is 0 Å². The lowest BCUT2D eigenvalue weighted by molar-refractivity contribution is -0.122. The van der Waals surface area contributed by atoms with Gasteiger partial charge in [0.05, 0.1) is 11.6 Å². The number of guanidine groups is 1. The van der Waals surface area contributed by atoms with Gasteiger partial charge in [0.1, 0.15) is 5.82 Å². The molecule has 9 heteroatoms. The van der Waals surface area contributed by atoms with Crippen LogP contribution in [0, 0.1) is 5.92 Å². The summed E-state index contributed by atoms with van der Waals surface area (Å²) in [6, 6.07) is 4.00. The Morgan fingerprint density at radius 2 is 2.06 bits per heavy atom. The van der Waals surface area contributed by atoms with Crippen LogP contribution in [0.2, 0.25) is 5.02 Å². The van der Waals surface area contributed by atoms with Gasteiger partial charge in [-0.05, 0) is 44.2 Å². The lowest BCUT2D eigenvalue weighted by Gasteiger charge is -2.21. The molecule has 3 N–H and O–H groups in total. The number of aromatic nitrogens is 1. The number of hydrogen-bond acceptors (Lipinski definition) is 4. The molecule has 1 aliphatic heterocycles. The number of anilines is 1. The Morgan fingerprint density at radius 1 is 1.26 bits per heavy atom. The minimum atomic E-state index is 0. The van der Waals surface area contributed by atoms with Gasteiger partial charge < -0.3 is 20.9 Å². The largest absolute Gasteiger partial charge is 0.357 e. The topological polar surface area (TPSA) is 81.6 Å². The quantitative estimate of drug-likeness (QED) is 0.195. The van der Waals surface area contributed by atoms with E-state index in [1.54, 1.807) is 6.20 Å². The van der Waals surface area contributed by atoms with E-state index in [2.05, 4.69) is 37.8 Å². The van der Waals surface area contributed by atoms with Crippen LogP contribution in [0.4, 0.5) is 5.82 Å². The van der Waals surface area contributed by atoms with Crippen LogP contribution in [0.15, 0.2) is 23.3 Å². The third-order valence-corrected chi connectivity index (χ3v) is 6.11. The summed E-state index contributed by atoms with van der Waals surface area (Å²) < 4.78 is 0. The number of halogens is 2. The number of carbonyl (C=O) groups is 1. The third kappa shape index (κ3) is 8.63. The van der Waals surface area contributed by atoms with Crippen LogP contribution < -0.4 is 20.9 Å². The maximum absolute atomic E-state index is 12.1. The number of hydrogen-bond donors (Lipinski definition) is 3. The highest BCUT2D eigenvalue weighted by atomic mass is 127. The predicted molar refractivity (Wildman–Crippen MR) is 139 cm³/mol. The van der Waals surface area contributed by atoms with Crippen LogP contribution in [-0.2, 0) is 4.79 Å². The fourth-order valence-corrected chi connectivity index (χ4v) is 4.52. The summed E-state index contributed by atoms with van der Waals surface area (Å²) in [5, 5.41) is 10.5. The molecule has 1 saturated carbocycles. The van der Waals surface area contributed by atoms with Gasteiger partial charge in [0.2, 0.25) is 5.91 Å². The first-order valence-electron chi connectivity index (χ1n) is 11.3. The average Bonchev–Trinajstić information content (AvgIpc) is 3.20. The van der Waals surface area contributed by atoms with Crippen molar-refractivity contribution in [3.05, 3.63) is 23.4 Å². The number of nitrogens with zero attached hydrogens (tertiary/aromatic N) is 3. The summed E-state index contributed by atoms with van der Waals surface area (Å²) in [4.78, 5) is 23.4. The maximum Gasteiger partial charge on any atom is 0.220 e. The highest BCUT2D eigenvalue weighted by Crippen LogP contribution is 2.26. The first-order chi connectivity index (χ1) is 14.7. The zero-order valence-electron chi connectivity index (χ0n) is 18.4. The molecular weight excluding hydrogens is 527 g/mol. The summed E-state index contributed by atoms with van der Waals surface area (Å²) >= 11 is 6.28. The van der Waals surface area contributed by atoms with E-state index in [4.69, 9.17) is 11.6 Å². The fraction of sp³-hybridized carbons (Fsp3) is 0.682. The molecule has 1 aliphatic carbocycles. The molecule has 0 spiro atoms. The molecule has 1 amide bonds. The summed E-state index contributed by atoms with van der Waals surface area (Å²) in [6.07, 6.45) is 9.68. The third-order valence-electron chi connectivity index (χ3n) is 5.81. The molecule has 0 aromatic carbocycles. The number of rotatable bonds is 8. The minimum absolute atomic E-state index is 0. The highest BCUT2D eigenvalue weighted by Gasteiger charge is 2.25. The normalized spacial score (nSPS) is 19.6. The first kappa shape index (κ1) is 26.0. The van der Waals surface area contributed by atoms with Crippen molar-refractivity contribution in [2.45, 2.75) is 57.9 Å². The van der Waals surface area contributed by atoms with Crippen LogP contribution in [0.3, 0.4) is 0 Å².